The molecule has 0 unspecified atom stereocenters. The van der Waals surface area contributed by atoms with E-state index in [1.807, 2.05) is 0 Å². The van der Waals surface area contributed by atoms with Gasteiger partial charge in [0.15, 0.2) is 0 Å². The van der Waals surface area contributed by atoms with Crippen molar-refractivity contribution >= 4 is 33.3 Å². The molecule has 0 saturated heterocycles. The van der Waals surface area contributed by atoms with Gasteiger partial charge in [-0.25, -0.2) is 9.18 Å². The Morgan fingerprint density at radius 3 is 2.41 bits per heavy atom. The highest BCUT2D eigenvalue weighted by molar-refractivity contribution is 9.10. The van der Waals surface area contributed by atoms with Crippen LogP contribution in [0.2, 0.25) is 0 Å². The third kappa shape index (κ3) is 3.91. The third-order valence-corrected chi connectivity index (χ3v) is 3.26. The summed E-state index contributed by atoms with van der Waals surface area (Å²) in [5.74, 6) is -2.03. The van der Waals surface area contributed by atoms with Crippen LogP contribution in [0.25, 0.3) is 0 Å². The zero-order chi connectivity index (χ0) is 16.3. The predicted octanol–water partition coefficient (Wildman–Crippen LogP) is 4.63. The van der Waals surface area contributed by atoms with Crippen molar-refractivity contribution in [2.45, 2.75) is 6.61 Å². The molecule has 0 spiro atoms. The largest absolute Gasteiger partial charge is 0.478 e. The number of carboxylic acids is 1. The Hall–Kier alpha value is -2.22. The highest BCUT2D eigenvalue weighted by Crippen LogP contribution is 2.28. The average Bonchev–Trinajstić information content (AvgIpc) is 2.44. The molecular formula is C14H9BrF3NO3. The number of ether oxygens (including phenoxy) is 1. The monoisotopic (exact) mass is 375 g/mol. The minimum atomic E-state index is -2.93. The van der Waals surface area contributed by atoms with Gasteiger partial charge >= 0.3 is 12.6 Å². The maximum atomic E-state index is 13.4. The lowest BCUT2D eigenvalue weighted by Gasteiger charge is -2.11. The van der Waals surface area contributed by atoms with Crippen molar-refractivity contribution in [3.63, 3.8) is 0 Å². The van der Waals surface area contributed by atoms with Crippen LogP contribution in [-0.2, 0) is 0 Å². The lowest BCUT2D eigenvalue weighted by Crippen LogP contribution is -2.04. The summed E-state index contributed by atoms with van der Waals surface area (Å²) in [5.41, 5.74) is 0.333. The second-order valence-corrected chi connectivity index (χ2v) is 5.00. The third-order valence-electron chi connectivity index (χ3n) is 2.65. The molecule has 0 radical (unpaired) electrons. The van der Waals surface area contributed by atoms with Crippen molar-refractivity contribution in [2.75, 3.05) is 5.32 Å². The zero-order valence-electron chi connectivity index (χ0n) is 10.8. The number of anilines is 2. The number of nitrogens with one attached hydrogen (secondary N) is 1. The number of hydrogen-bond donors (Lipinski definition) is 2. The fraction of sp³-hybridized carbons (Fsp3) is 0.0714. The second kappa shape index (κ2) is 6.69. The highest BCUT2D eigenvalue weighted by atomic mass is 79.9. The van der Waals surface area contributed by atoms with E-state index in [9.17, 15) is 18.0 Å². The number of rotatable bonds is 5. The Bertz CT molecular complexity index is 692. The van der Waals surface area contributed by atoms with Crippen LogP contribution in [0.15, 0.2) is 40.9 Å². The summed E-state index contributed by atoms with van der Waals surface area (Å²) in [6, 6.07) is 7.62. The van der Waals surface area contributed by atoms with Crippen molar-refractivity contribution in [1.29, 1.82) is 0 Å². The Balaban J connectivity index is 2.26. The number of carbonyl (C=O) groups is 1. The Morgan fingerprint density at radius 1 is 1.23 bits per heavy atom. The molecule has 0 atom stereocenters. The Labute approximate surface area is 131 Å². The van der Waals surface area contributed by atoms with Gasteiger partial charge in [-0.1, -0.05) is 0 Å². The molecular weight excluding hydrogens is 367 g/mol. The lowest BCUT2D eigenvalue weighted by atomic mass is 10.1. The van der Waals surface area contributed by atoms with Gasteiger partial charge in [-0.3, -0.25) is 0 Å². The molecule has 2 N–H and O–H groups in total. The van der Waals surface area contributed by atoms with Gasteiger partial charge < -0.3 is 15.2 Å². The molecule has 22 heavy (non-hydrogen) atoms. The van der Waals surface area contributed by atoms with Gasteiger partial charge in [0, 0.05) is 5.69 Å². The summed E-state index contributed by atoms with van der Waals surface area (Å²) in [5, 5.41) is 11.9. The van der Waals surface area contributed by atoms with Gasteiger partial charge in [-0.15, -0.1) is 0 Å². The standard InChI is InChI=1S/C14H9BrF3NO3/c15-10-6-12(9(13(20)21)5-11(10)16)19-7-1-3-8(4-2-7)22-14(17)18/h1-6,14,19H,(H,20,21). The van der Waals surface area contributed by atoms with E-state index in [1.54, 1.807) is 0 Å². The molecule has 0 fully saturated rings. The number of halogens is 4. The van der Waals surface area contributed by atoms with Crippen LogP contribution >= 0.6 is 15.9 Å². The molecule has 2 aromatic rings. The van der Waals surface area contributed by atoms with E-state index in [0.29, 0.717) is 5.69 Å². The summed E-state index contributed by atoms with van der Waals surface area (Å²) in [6.45, 7) is -2.93. The number of hydrogen-bond acceptors (Lipinski definition) is 3. The quantitative estimate of drug-likeness (QED) is 0.799. The molecule has 2 rings (SSSR count). The smallest absolute Gasteiger partial charge is 0.387 e. The lowest BCUT2D eigenvalue weighted by molar-refractivity contribution is -0.0498. The van der Waals surface area contributed by atoms with Crippen molar-refractivity contribution in [2.24, 2.45) is 0 Å². The van der Waals surface area contributed by atoms with Crippen LogP contribution < -0.4 is 10.1 Å². The maximum absolute atomic E-state index is 13.4. The molecule has 0 aliphatic heterocycles. The molecule has 0 saturated carbocycles. The molecule has 4 nitrogen and oxygen atoms in total. The van der Waals surface area contributed by atoms with Crippen LogP contribution in [0, 0.1) is 5.82 Å². The van der Waals surface area contributed by atoms with Gasteiger partial charge in [-0.2, -0.15) is 8.78 Å². The molecule has 116 valence electrons. The van der Waals surface area contributed by atoms with Crippen LogP contribution in [-0.4, -0.2) is 17.7 Å². The Morgan fingerprint density at radius 2 is 1.86 bits per heavy atom. The fourth-order valence-corrected chi connectivity index (χ4v) is 2.05. The fourth-order valence-electron chi connectivity index (χ4n) is 1.70. The summed E-state index contributed by atoms with van der Waals surface area (Å²) in [6.07, 6.45) is 0. The maximum Gasteiger partial charge on any atom is 0.387 e. The van der Waals surface area contributed by atoms with E-state index in [-0.39, 0.29) is 21.5 Å². The molecule has 8 heteroatoms. The first-order valence-electron chi connectivity index (χ1n) is 5.91. The van der Waals surface area contributed by atoms with E-state index in [4.69, 9.17) is 5.11 Å². The number of alkyl halides is 2. The minimum Gasteiger partial charge on any atom is -0.478 e. The van der Waals surface area contributed by atoms with Crippen molar-refractivity contribution < 1.29 is 27.8 Å². The minimum absolute atomic E-state index is 0.0284. The van der Waals surface area contributed by atoms with Crippen LogP contribution in [0.3, 0.4) is 0 Å². The summed E-state index contributed by atoms with van der Waals surface area (Å²) in [7, 11) is 0. The SMILES string of the molecule is O=C(O)c1cc(F)c(Br)cc1Nc1ccc(OC(F)F)cc1. The van der Waals surface area contributed by atoms with Gasteiger partial charge in [0.05, 0.1) is 15.7 Å². The number of benzene rings is 2. The van der Waals surface area contributed by atoms with E-state index >= 15 is 0 Å². The van der Waals surface area contributed by atoms with Gasteiger partial charge in [0.25, 0.3) is 0 Å². The van der Waals surface area contributed by atoms with E-state index < -0.39 is 18.4 Å². The van der Waals surface area contributed by atoms with Crippen LogP contribution in [0.5, 0.6) is 5.75 Å². The first-order valence-corrected chi connectivity index (χ1v) is 6.70. The predicted molar refractivity (Wildman–Crippen MR) is 77.4 cm³/mol. The summed E-state index contributed by atoms with van der Waals surface area (Å²) in [4.78, 5) is 11.1. The average molecular weight is 376 g/mol. The zero-order valence-corrected chi connectivity index (χ0v) is 12.4. The van der Waals surface area contributed by atoms with E-state index in [1.165, 1.54) is 30.3 Å². The molecule has 0 aliphatic carbocycles. The van der Waals surface area contributed by atoms with Gasteiger partial charge in [0.1, 0.15) is 11.6 Å². The molecule has 0 aliphatic rings. The molecule has 0 bridgehead atoms. The normalized spacial score (nSPS) is 10.6. The molecule has 0 amide bonds. The summed E-state index contributed by atoms with van der Waals surface area (Å²) < 4.78 is 41.8. The Kier molecular flexibility index (Phi) is 4.92. The molecule has 0 aromatic heterocycles. The number of aromatic carboxylic acids is 1. The topological polar surface area (TPSA) is 58.6 Å². The van der Waals surface area contributed by atoms with Gasteiger partial charge in [0.2, 0.25) is 0 Å². The molecule has 0 heterocycles. The highest BCUT2D eigenvalue weighted by Gasteiger charge is 2.14. The first kappa shape index (κ1) is 16.2. The van der Waals surface area contributed by atoms with E-state index in [2.05, 4.69) is 26.0 Å². The first-order chi connectivity index (χ1) is 10.4. The van der Waals surface area contributed by atoms with Crippen molar-refractivity contribution in [1.82, 2.24) is 0 Å². The van der Waals surface area contributed by atoms with Crippen LogP contribution in [0.1, 0.15) is 10.4 Å². The summed E-state index contributed by atoms with van der Waals surface area (Å²) >= 11 is 2.97. The van der Waals surface area contributed by atoms with Crippen LogP contribution in [0.4, 0.5) is 24.5 Å². The van der Waals surface area contributed by atoms with E-state index in [0.717, 1.165) is 6.07 Å². The molecule has 2 aromatic carbocycles. The number of carboxylic acid groups (broad SMARTS) is 1. The van der Waals surface area contributed by atoms with Gasteiger partial charge in [-0.05, 0) is 52.3 Å². The van der Waals surface area contributed by atoms with Crippen molar-refractivity contribution in [3.05, 3.63) is 52.3 Å². The second-order valence-electron chi connectivity index (χ2n) is 4.14. The van der Waals surface area contributed by atoms with Crippen molar-refractivity contribution in [3.8, 4) is 5.75 Å².